The maximum absolute atomic E-state index is 12.3. The third kappa shape index (κ3) is 2.75. The SMILES string of the molecule is CC(C)c1nc(NC(=O)C2(C#N)CCCCC2)n[nH]1. The van der Waals surface area contributed by atoms with Crippen molar-refractivity contribution in [3.05, 3.63) is 5.82 Å². The van der Waals surface area contributed by atoms with Crippen molar-refractivity contribution in [1.82, 2.24) is 15.2 Å². The Hall–Kier alpha value is -1.90. The minimum absolute atomic E-state index is 0.220. The lowest BCUT2D eigenvalue weighted by Crippen LogP contribution is -2.37. The van der Waals surface area contributed by atoms with E-state index in [0.29, 0.717) is 12.8 Å². The van der Waals surface area contributed by atoms with E-state index in [2.05, 4.69) is 26.6 Å². The standard InChI is InChI=1S/C13H19N5O/c1-9(2)10-15-12(18-17-10)16-11(19)13(8-14)6-4-3-5-7-13/h9H,3-7H2,1-2H3,(H2,15,16,17,18,19). The zero-order valence-corrected chi connectivity index (χ0v) is 11.4. The van der Waals surface area contributed by atoms with E-state index in [0.717, 1.165) is 25.1 Å². The van der Waals surface area contributed by atoms with Gasteiger partial charge in [-0.15, -0.1) is 5.10 Å². The van der Waals surface area contributed by atoms with E-state index in [1.54, 1.807) is 0 Å². The summed E-state index contributed by atoms with van der Waals surface area (Å²) in [5.41, 5.74) is -0.906. The minimum atomic E-state index is -0.906. The van der Waals surface area contributed by atoms with Crippen molar-refractivity contribution in [2.24, 2.45) is 5.41 Å². The van der Waals surface area contributed by atoms with Crippen LogP contribution in [0.2, 0.25) is 0 Å². The first-order valence-electron chi connectivity index (χ1n) is 6.72. The molecular formula is C13H19N5O. The van der Waals surface area contributed by atoms with Gasteiger partial charge < -0.3 is 0 Å². The van der Waals surface area contributed by atoms with Gasteiger partial charge in [0.15, 0.2) is 0 Å². The van der Waals surface area contributed by atoms with Crippen molar-refractivity contribution in [2.75, 3.05) is 5.32 Å². The number of carbonyl (C=O) groups is 1. The van der Waals surface area contributed by atoms with E-state index >= 15 is 0 Å². The van der Waals surface area contributed by atoms with Crippen molar-refractivity contribution >= 4 is 11.9 Å². The van der Waals surface area contributed by atoms with Gasteiger partial charge in [0, 0.05) is 5.92 Å². The van der Waals surface area contributed by atoms with Crippen LogP contribution in [0.5, 0.6) is 0 Å². The highest BCUT2D eigenvalue weighted by atomic mass is 16.2. The zero-order valence-electron chi connectivity index (χ0n) is 11.4. The molecule has 0 spiro atoms. The maximum atomic E-state index is 12.3. The van der Waals surface area contributed by atoms with Gasteiger partial charge in [-0.25, -0.2) is 0 Å². The van der Waals surface area contributed by atoms with E-state index in [1.165, 1.54) is 0 Å². The first-order valence-corrected chi connectivity index (χ1v) is 6.72. The zero-order chi connectivity index (χ0) is 13.9. The van der Waals surface area contributed by atoms with Crippen LogP contribution in [-0.4, -0.2) is 21.1 Å². The van der Waals surface area contributed by atoms with Gasteiger partial charge in [0.25, 0.3) is 0 Å². The van der Waals surface area contributed by atoms with Crippen LogP contribution in [-0.2, 0) is 4.79 Å². The highest BCUT2D eigenvalue weighted by Crippen LogP contribution is 2.36. The Balaban J connectivity index is 2.09. The van der Waals surface area contributed by atoms with Crippen LogP contribution in [0, 0.1) is 16.7 Å². The second-order valence-electron chi connectivity index (χ2n) is 5.41. The number of carbonyl (C=O) groups excluding carboxylic acids is 1. The van der Waals surface area contributed by atoms with Crippen LogP contribution in [0.3, 0.4) is 0 Å². The summed E-state index contributed by atoms with van der Waals surface area (Å²) < 4.78 is 0. The molecule has 0 unspecified atom stereocenters. The van der Waals surface area contributed by atoms with Crippen LogP contribution in [0.15, 0.2) is 0 Å². The van der Waals surface area contributed by atoms with Crippen LogP contribution in [0.1, 0.15) is 57.7 Å². The fourth-order valence-corrected chi connectivity index (χ4v) is 2.35. The Kier molecular flexibility index (Phi) is 3.84. The minimum Gasteiger partial charge on any atom is -0.292 e. The molecular weight excluding hydrogens is 242 g/mol. The summed E-state index contributed by atoms with van der Waals surface area (Å²) in [6.45, 7) is 3.98. The lowest BCUT2D eigenvalue weighted by molar-refractivity contribution is -0.124. The lowest BCUT2D eigenvalue weighted by Gasteiger charge is -2.28. The summed E-state index contributed by atoms with van der Waals surface area (Å²) in [5, 5.41) is 18.7. The van der Waals surface area contributed by atoms with Gasteiger partial charge in [-0.1, -0.05) is 33.1 Å². The number of aromatic amines is 1. The molecule has 2 N–H and O–H groups in total. The second-order valence-corrected chi connectivity index (χ2v) is 5.41. The molecule has 1 amide bonds. The molecule has 1 saturated carbocycles. The van der Waals surface area contributed by atoms with Gasteiger partial charge in [-0.3, -0.25) is 15.2 Å². The molecule has 1 aliphatic carbocycles. The molecule has 6 nitrogen and oxygen atoms in total. The van der Waals surface area contributed by atoms with Crippen LogP contribution >= 0.6 is 0 Å². The number of hydrogen-bond acceptors (Lipinski definition) is 4. The molecule has 1 aliphatic rings. The van der Waals surface area contributed by atoms with Crippen molar-refractivity contribution in [2.45, 2.75) is 51.9 Å². The Morgan fingerprint density at radius 3 is 2.63 bits per heavy atom. The maximum Gasteiger partial charge on any atom is 0.248 e. The number of rotatable bonds is 3. The van der Waals surface area contributed by atoms with E-state index in [1.807, 2.05) is 13.8 Å². The average Bonchev–Trinajstić information content (AvgIpc) is 2.88. The number of nitrogens with one attached hydrogen (secondary N) is 2. The van der Waals surface area contributed by atoms with Crippen molar-refractivity contribution in [3.8, 4) is 6.07 Å². The molecule has 1 heterocycles. The molecule has 6 heteroatoms. The highest BCUT2D eigenvalue weighted by Gasteiger charge is 2.40. The van der Waals surface area contributed by atoms with Crippen molar-refractivity contribution in [3.63, 3.8) is 0 Å². The first-order chi connectivity index (χ1) is 9.07. The van der Waals surface area contributed by atoms with Gasteiger partial charge in [-0.2, -0.15) is 10.2 Å². The first kappa shape index (κ1) is 13.5. The smallest absolute Gasteiger partial charge is 0.248 e. The number of H-pyrrole nitrogens is 1. The predicted molar refractivity (Wildman–Crippen MR) is 70.2 cm³/mol. The summed E-state index contributed by atoms with van der Waals surface area (Å²) in [4.78, 5) is 16.5. The van der Waals surface area contributed by atoms with E-state index in [9.17, 15) is 10.1 Å². The summed E-state index contributed by atoms with van der Waals surface area (Å²) in [7, 11) is 0. The number of anilines is 1. The fraction of sp³-hybridized carbons (Fsp3) is 0.692. The molecule has 19 heavy (non-hydrogen) atoms. The van der Waals surface area contributed by atoms with Crippen molar-refractivity contribution < 1.29 is 4.79 Å². The summed E-state index contributed by atoms with van der Waals surface area (Å²) in [5.74, 6) is 0.931. The van der Waals surface area contributed by atoms with E-state index < -0.39 is 5.41 Å². The number of amides is 1. The molecule has 0 aromatic carbocycles. The number of hydrogen-bond donors (Lipinski definition) is 2. The molecule has 0 aliphatic heterocycles. The predicted octanol–water partition coefficient (Wildman–Crippen LogP) is 2.34. The molecule has 1 aromatic heterocycles. The molecule has 1 aromatic rings. The van der Waals surface area contributed by atoms with Gasteiger partial charge >= 0.3 is 0 Å². The quantitative estimate of drug-likeness (QED) is 0.873. The summed E-state index contributed by atoms with van der Waals surface area (Å²) in [6, 6.07) is 2.19. The Bertz CT molecular complexity index is 493. The molecule has 0 bridgehead atoms. The van der Waals surface area contributed by atoms with Crippen LogP contribution in [0.25, 0.3) is 0 Å². The van der Waals surface area contributed by atoms with Crippen LogP contribution < -0.4 is 5.32 Å². The summed E-state index contributed by atoms with van der Waals surface area (Å²) >= 11 is 0. The topological polar surface area (TPSA) is 94.5 Å². The number of aromatic nitrogens is 3. The Morgan fingerprint density at radius 1 is 1.42 bits per heavy atom. The molecule has 0 saturated heterocycles. The molecule has 0 atom stereocenters. The van der Waals surface area contributed by atoms with E-state index in [4.69, 9.17) is 0 Å². The lowest BCUT2D eigenvalue weighted by atomic mass is 9.74. The summed E-state index contributed by atoms with van der Waals surface area (Å²) in [6.07, 6.45) is 4.18. The highest BCUT2D eigenvalue weighted by molar-refractivity contribution is 5.95. The number of nitrogens with zero attached hydrogens (tertiary/aromatic N) is 3. The molecule has 2 rings (SSSR count). The average molecular weight is 261 g/mol. The van der Waals surface area contributed by atoms with E-state index in [-0.39, 0.29) is 17.8 Å². The Labute approximate surface area is 112 Å². The largest absolute Gasteiger partial charge is 0.292 e. The fourth-order valence-electron chi connectivity index (χ4n) is 2.35. The van der Waals surface area contributed by atoms with Crippen molar-refractivity contribution in [1.29, 1.82) is 5.26 Å². The normalized spacial score (nSPS) is 18.0. The van der Waals surface area contributed by atoms with Gasteiger partial charge in [-0.05, 0) is 12.8 Å². The second kappa shape index (κ2) is 5.39. The van der Waals surface area contributed by atoms with Gasteiger partial charge in [0.2, 0.25) is 11.9 Å². The Morgan fingerprint density at radius 2 is 2.11 bits per heavy atom. The van der Waals surface area contributed by atoms with Crippen LogP contribution in [0.4, 0.5) is 5.95 Å². The molecule has 102 valence electrons. The number of nitriles is 1. The molecule has 1 fully saturated rings. The van der Waals surface area contributed by atoms with Gasteiger partial charge in [0.1, 0.15) is 11.2 Å². The van der Waals surface area contributed by atoms with Gasteiger partial charge in [0.05, 0.1) is 6.07 Å². The third-order valence-corrected chi connectivity index (χ3v) is 3.63. The monoisotopic (exact) mass is 261 g/mol. The molecule has 0 radical (unpaired) electrons. The third-order valence-electron chi connectivity index (χ3n) is 3.63.